The first-order valence-corrected chi connectivity index (χ1v) is 9.86. The van der Waals surface area contributed by atoms with E-state index in [1.165, 1.54) is 28.6 Å². The summed E-state index contributed by atoms with van der Waals surface area (Å²) >= 11 is 0. The Morgan fingerprint density at radius 3 is 1.90 bits per heavy atom. The van der Waals surface area contributed by atoms with E-state index in [4.69, 9.17) is 5.11 Å². The van der Waals surface area contributed by atoms with Crippen LogP contribution in [-0.2, 0) is 19.9 Å². The number of sulfone groups is 1. The van der Waals surface area contributed by atoms with Gasteiger partial charge in [0.25, 0.3) is 0 Å². The molecule has 0 atom stereocenters. The number of hydrogen-bond donors (Lipinski definition) is 1. The second-order valence-corrected chi connectivity index (χ2v) is 8.94. The molecule has 120 valence electrons. The molecule has 0 fully saturated rings. The summed E-state index contributed by atoms with van der Waals surface area (Å²) in [6.07, 6.45) is 1.41. The molecule has 8 heteroatoms. The molecule has 1 aromatic rings. The molecule has 0 saturated heterocycles. The summed E-state index contributed by atoms with van der Waals surface area (Å²) in [6, 6.07) is 4.90. The Bertz CT molecular complexity index is 663. The van der Waals surface area contributed by atoms with Crippen molar-refractivity contribution in [1.82, 2.24) is 4.31 Å². The normalized spacial score (nSPS) is 13.0. The Kier molecular flexibility index (Phi) is 5.92. The zero-order valence-corrected chi connectivity index (χ0v) is 14.0. The average molecular weight is 335 g/mol. The first kappa shape index (κ1) is 18.1. The number of rotatable bonds is 7. The van der Waals surface area contributed by atoms with E-state index in [1.54, 1.807) is 13.8 Å². The van der Waals surface area contributed by atoms with Crippen LogP contribution in [-0.4, -0.2) is 51.7 Å². The number of sulfonamides is 1. The largest absolute Gasteiger partial charge is 0.396 e. The molecule has 0 aromatic heterocycles. The third kappa shape index (κ3) is 4.50. The minimum atomic E-state index is -3.71. The number of benzene rings is 1. The Balaban J connectivity index is 3.16. The van der Waals surface area contributed by atoms with Crippen LogP contribution in [0.4, 0.5) is 0 Å². The van der Waals surface area contributed by atoms with Crippen LogP contribution in [0.25, 0.3) is 0 Å². The van der Waals surface area contributed by atoms with Crippen LogP contribution in [0.5, 0.6) is 0 Å². The number of nitrogens with zero attached hydrogens (tertiary/aromatic N) is 1. The molecule has 0 aliphatic carbocycles. The highest BCUT2D eigenvalue weighted by molar-refractivity contribution is 7.90. The van der Waals surface area contributed by atoms with Gasteiger partial charge in [-0.05, 0) is 44.5 Å². The molecule has 1 rings (SSSR count). The van der Waals surface area contributed by atoms with Gasteiger partial charge in [0.15, 0.2) is 9.84 Å². The fraction of sp³-hybridized carbons (Fsp3) is 0.538. The molecule has 1 N–H and O–H groups in total. The standard InChI is InChI=1S/C13H21NO5S2/c1-11(2)14(9-4-10-15)21(18,19)13-7-5-12(6-8-13)20(3,16)17/h5-8,11,15H,4,9-10H2,1-3H3. The molecule has 0 radical (unpaired) electrons. The molecule has 1 aromatic carbocycles. The highest BCUT2D eigenvalue weighted by Gasteiger charge is 2.26. The highest BCUT2D eigenvalue weighted by atomic mass is 32.2. The molecule has 0 spiro atoms. The molecule has 6 nitrogen and oxygen atoms in total. The van der Waals surface area contributed by atoms with Crippen molar-refractivity contribution in [2.45, 2.75) is 36.1 Å². The van der Waals surface area contributed by atoms with Crippen LogP contribution < -0.4 is 0 Å². The average Bonchev–Trinajstić information content (AvgIpc) is 2.37. The maximum Gasteiger partial charge on any atom is 0.243 e. The van der Waals surface area contributed by atoms with Gasteiger partial charge in [0.05, 0.1) is 9.79 Å². The van der Waals surface area contributed by atoms with E-state index in [2.05, 4.69) is 0 Å². The van der Waals surface area contributed by atoms with Gasteiger partial charge < -0.3 is 5.11 Å². The van der Waals surface area contributed by atoms with Crippen LogP contribution in [0, 0.1) is 0 Å². The minimum absolute atomic E-state index is 0.0431. The van der Waals surface area contributed by atoms with E-state index in [0.717, 1.165) is 6.26 Å². The summed E-state index contributed by atoms with van der Waals surface area (Å²) in [6.45, 7) is 3.62. The molecular formula is C13H21NO5S2. The lowest BCUT2D eigenvalue weighted by atomic mass is 10.3. The predicted molar refractivity (Wildman–Crippen MR) is 80.3 cm³/mol. The lowest BCUT2D eigenvalue weighted by Gasteiger charge is -2.25. The van der Waals surface area contributed by atoms with Crippen molar-refractivity contribution in [3.8, 4) is 0 Å². The maximum atomic E-state index is 12.5. The van der Waals surface area contributed by atoms with Gasteiger partial charge in [-0.15, -0.1) is 0 Å². The van der Waals surface area contributed by atoms with Gasteiger partial charge >= 0.3 is 0 Å². The third-order valence-corrected chi connectivity index (χ3v) is 6.19. The van der Waals surface area contributed by atoms with Crippen LogP contribution in [0.2, 0.25) is 0 Å². The summed E-state index contributed by atoms with van der Waals surface area (Å²) in [5.41, 5.74) is 0. The van der Waals surface area contributed by atoms with E-state index in [9.17, 15) is 16.8 Å². The summed E-state index contributed by atoms with van der Waals surface area (Å²) in [5, 5.41) is 8.87. The van der Waals surface area contributed by atoms with Gasteiger partial charge in [-0.25, -0.2) is 16.8 Å². The Morgan fingerprint density at radius 1 is 1.05 bits per heavy atom. The molecule has 0 amide bonds. The zero-order chi connectivity index (χ0) is 16.3. The second kappa shape index (κ2) is 6.87. The number of aliphatic hydroxyl groups is 1. The topological polar surface area (TPSA) is 91.8 Å². The van der Waals surface area contributed by atoms with E-state index in [1.807, 2.05) is 0 Å². The fourth-order valence-corrected chi connectivity index (χ4v) is 4.18. The SMILES string of the molecule is CC(C)N(CCCO)S(=O)(=O)c1ccc(S(C)(=O)=O)cc1. The monoisotopic (exact) mass is 335 g/mol. The van der Waals surface area contributed by atoms with E-state index in [-0.39, 0.29) is 29.0 Å². The molecule has 0 unspecified atom stereocenters. The molecule has 0 bridgehead atoms. The first-order valence-electron chi connectivity index (χ1n) is 6.53. The summed E-state index contributed by atoms with van der Waals surface area (Å²) in [4.78, 5) is 0.120. The molecule has 0 saturated carbocycles. The quantitative estimate of drug-likeness (QED) is 0.798. The van der Waals surface area contributed by atoms with E-state index >= 15 is 0 Å². The van der Waals surface area contributed by atoms with Crippen molar-refractivity contribution in [3.05, 3.63) is 24.3 Å². The highest BCUT2D eigenvalue weighted by Crippen LogP contribution is 2.20. The van der Waals surface area contributed by atoms with Gasteiger partial charge in [0, 0.05) is 25.4 Å². The molecular weight excluding hydrogens is 314 g/mol. The van der Waals surface area contributed by atoms with Gasteiger partial charge in [0.2, 0.25) is 10.0 Å². The van der Waals surface area contributed by atoms with Gasteiger partial charge in [-0.3, -0.25) is 0 Å². The molecule has 0 aliphatic rings. The number of hydrogen-bond acceptors (Lipinski definition) is 5. The van der Waals surface area contributed by atoms with Gasteiger partial charge in [-0.2, -0.15) is 4.31 Å². The predicted octanol–water partition coefficient (Wildman–Crippen LogP) is 0.872. The minimum Gasteiger partial charge on any atom is -0.396 e. The summed E-state index contributed by atoms with van der Waals surface area (Å²) in [5.74, 6) is 0. The zero-order valence-electron chi connectivity index (χ0n) is 12.4. The fourth-order valence-electron chi connectivity index (χ4n) is 1.88. The molecule has 21 heavy (non-hydrogen) atoms. The summed E-state index contributed by atoms with van der Waals surface area (Å²) < 4.78 is 49.1. The van der Waals surface area contributed by atoms with Crippen molar-refractivity contribution in [1.29, 1.82) is 0 Å². The third-order valence-electron chi connectivity index (χ3n) is 2.97. The second-order valence-electron chi connectivity index (χ2n) is 5.03. The Morgan fingerprint density at radius 2 is 1.52 bits per heavy atom. The van der Waals surface area contributed by atoms with Crippen LogP contribution >= 0.6 is 0 Å². The van der Waals surface area contributed by atoms with Crippen molar-refractivity contribution >= 4 is 19.9 Å². The van der Waals surface area contributed by atoms with Crippen LogP contribution in [0.1, 0.15) is 20.3 Å². The summed E-state index contributed by atoms with van der Waals surface area (Å²) in [7, 11) is -7.06. The lowest BCUT2D eigenvalue weighted by molar-refractivity contribution is 0.258. The van der Waals surface area contributed by atoms with Crippen molar-refractivity contribution in [2.24, 2.45) is 0 Å². The molecule has 0 aliphatic heterocycles. The Labute approximate surface area is 126 Å². The van der Waals surface area contributed by atoms with Crippen molar-refractivity contribution in [3.63, 3.8) is 0 Å². The van der Waals surface area contributed by atoms with E-state index in [0.29, 0.717) is 6.42 Å². The number of aliphatic hydroxyl groups excluding tert-OH is 1. The maximum absolute atomic E-state index is 12.5. The Hall–Kier alpha value is -0.960. The van der Waals surface area contributed by atoms with Gasteiger partial charge in [-0.1, -0.05) is 0 Å². The lowest BCUT2D eigenvalue weighted by Crippen LogP contribution is -2.38. The van der Waals surface area contributed by atoms with E-state index < -0.39 is 19.9 Å². The van der Waals surface area contributed by atoms with Crippen LogP contribution in [0.15, 0.2) is 34.1 Å². The van der Waals surface area contributed by atoms with Crippen molar-refractivity contribution < 1.29 is 21.9 Å². The van der Waals surface area contributed by atoms with Crippen LogP contribution in [0.3, 0.4) is 0 Å². The smallest absolute Gasteiger partial charge is 0.243 e. The molecule has 0 heterocycles. The van der Waals surface area contributed by atoms with Gasteiger partial charge in [0.1, 0.15) is 0 Å². The van der Waals surface area contributed by atoms with Crippen molar-refractivity contribution in [2.75, 3.05) is 19.4 Å². The first-order chi connectivity index (χ1) is 9.60.